The van der Waals surface area contributed by atoms with Gasteiger partial charge in [0.15, 0.2) is 5.75 Å². The molecule has 266 valence electrons. The number of hydrogen-bond donors (Lipinski definition) is 1. The second-order valence-corrected chi connectivity index (χ2v) is 12.3. The molecule has 0 bridgehead atoms. The van der Waals surface area contributed by atoms with E-state index in [1.165, 1.54) is 24.1 Å². The monoisotopic (exact) mass is 683 g/mol. The Morgan fingerprint density at radius 2 is 1.58 bits per heavy atom. The van der Waals surface area contributed by atoms with Gasteiger partial charge in [0.2, 0.25) is 18.0 Å². The Balaban J connectivity index is 1.75. The molecule has 2 N–H and O–H groups in total. The number of nitrogens with two attached hydrogens (primary N) is 1. The number of ether oxygens (including phenoxy) is 3. The highest BCUT2D eigenvalue weighted by atomic mass is 16.6. The number of primary amides is 1. The molecule has 2 heterocycles. The Morgan fingerprint density at radius 1 is 0.920 bits per heavy atom. The highest BCUT2D eigenvalue weighted by Gasteiger charge is 2.27. The molecule has 11 heteroatoms. The lowest BCUT2D eigenvalue weighted by Crippen LogP contribution is -2.29. The number of aryl methyl sites for hydroxylation is 4. The van der Waals surface area contributed by atoms with Crippen LogP contribution in [-0.4, -0.2) is 45.1 Å². The molecule has 1 atom stereocenters. The van der Waals surface area contributed by atoms with Crippen LogP contribution < -0.4 is 20.8 Å². The summed E-state index contributed by atoms with van der Waals surface area (Å²) < 4.78 is 18.8. The number of carbonyl (C=O) groups is 2. The van der Waals surface area contributed by atoms with E-state index in [4.69, 9.17) is 24.9 Å². The molecule has 2 aromatic carbocycles. The predicted molar refractivity (Wildman–Crippen MR) is 192 cm³/mol. The van der Waals surface area contributed by atoms with Gasteiger partial charge < -0.3 is 19.9 Å². The number of amides is 1. The zero-order valence-corrected chi connectivity index (χ0v) is 29.9. The number of esters is 1. The summed E-state index contributed by atoms with van der Waals surface area (Å²) >= 11 is 0. The third-order valence-electron chi connectivity index (χ3n) is 8.32. The minimum absolute atomic E-state index is 0.199. The summed E-state index contributed by atoms with van der Waals surface area (Å²) in [6.45, 7) is 8.40. The lowest BCUT2D eigenvalue weighted by Gasteiger charge is -2.23. The SMILES string of the molecule is CCCCc1nc(C)n(-c2ncc(OCCCC(N)=O)cn2)c(=O)c1Cc1cc(CCC)c(OC(C(=O)OC)c2ccccc2)c(CCC)c1. The summed E-state index contributed by atoms with van der Waals surface area (Å²) in [6, 6.07) is 13.5. The quantitative estimate of drug-likeness (QED) is 0.0913. The average molecular weight is 684 g/mol. The Bertz CT molecular complexity index is 1760. The van der Waals surface area contributed by atoms with E-state index in [2.05, 4.69) is 42.9 Å². The number of rotatable bonds is 19. The van der Waals surface area contributed by atoms with Gasteiger partial charge in [-0.3, -0.25) is 9.59 Å². The maximum atomic E-state index is 14.3. The molecule has 0 radical (unpaired) electrons. The van der Waals surface area contributed by atoms with Crippen LogP contribution in [0.1, 0.15) is 105 Å². The van der Waals surface area contributed by atoms with Crippen LogP contribution in [0, 0.1) is 6.92 Å². The third kappa shape index (κ3) is 9.77. The molecule has 0 saturated carbocycles. The highest BCUT2D eigenvalue weighted by molar-refractivity contribution is 5.77. The first-order valence-electron chi connectivity index (χ1n) is 17.5. The molecule has 50 heavy (non-hydrogen) atoms. The molecule has 0 aliphatic rings. The first-order chi connectivity index (χ1) is 24.2. The maximum absolute atomic E-state index is 14.3. The van der Waals surface area contributed by atoms with Gasteiger partial charge >= 0.3 is 5.97 Å². The van der Waals surface area contributed by atoms with Crippen molar-refractivity contribution in [3.05, 3.63) is 105 Å². The van der Waals surface area contributed by atoms with E-state index in [-0.39, 0.29) is 23.8 Å². The van der Waals surface area contributed by atoms with E-state index in [0.717, 1.165) is 60.9 Å². The summed E-state index contributed by atoms with van der Waals surface area (Å²) in [5.74, 6) is 0.951. The van der Waals surface area contributed by atoms with E-state index in [9.17, 15) is 14.4 Å². The smallest absolute Gasteiger partial charge is 0.351 e. The molecule has 1 amide bonds. The number of methoxy groups -OCH3 is 1. The van der Waals surface area contributed by atoms with Crippen molar-refractivity contribution in [3.8, 4) is 17.4 Å². The molecule has 11 nitrogen and oxygen atoms in total. The van der Waals surface area contributed by atoms with Gasteiger partial charge in [0.1, 0.15) is 11.6 Å². The number of hydrogen-bond acceptors (Lipinski definition) is 9. The third-order valence-corrected chi connectivity index (χ3v) is 8.32. The van der Waals surface area contributed by atoms with Crippen LogP contribution in [0.3, 0.4) is 0 Å². The van der Waals surface area contributed by atoms with Crippen molar-refractivity contribution in [2.45, 2.75) is 98.0 Å². The topological polar surface area (TPSA) is 149 Å². The van der Waals surface area contributed by atoms with Crippen LogP contribution in [-0.2, 0) is 40.0 Å². The Labute approximate surface area is 294 Å². The maximum Gasteiger partial charge on any atom is 0.351 e. The molecule has 0 saturated heterocycles. The summed E-state index contributed by atoms with van der Waals surface area (Å²) in [5, 5.41) is 0. The molecule has 4 rings (SSSR count). The van der Waals surface area contributed by atoms with Crippen molar-refractivity contribution in [1.82, 2.24) is 19.5 Å². The fraction of sp³-hybridized carbons (Fsp3) is 0.436. The molecule has 4 aromatic rings. The van der Waals surface area contributed by atoms with Crippen molar-refractivity contribution < 1.29 is 23.8 Å². The van der Waals surface area contributed by atoms with E-state index in [0.29, 0.717) is 54.3 Å². The van der Waals surface area contributed by atoms with E-state index in [1.54, 1.807) is 6.92 Å². The molecule has 0 spiro atoms. The first kappa shape index (κ1) is 37.8. The van der Waals surface area contributed by atoms with Gasteiger partial charge in [-0.1, -0.05) is 82.5 Å². The van der Waals surface area contributed by atoms with Gasteiger partial charge in [-0.05, 0) is 55.7 Å². The van der Waals surface area contributed by atoms with Gasteiger partial charge in [-0.2, -0.15) is 0 Å². The number of benzene rings is 2. The number of carbonyl (C=O) groups excluding carboxylic acids is 2. The van der Waals surface area contributed by atoms with Crippen LogP contribution in [0.4, 0.5) is 0 Å². The second-order valence-electron chi connectivity index (χ2n) is 12.3. The molecule has 2 aromatic heterocycles. The molecule has 0 fully saturated rings. The zero-order valence-electron chi connectivity index (χ0n) is 29.9. The lowest BCUT2D eigenvalue weighted by molar-refractivity contribution is -0.149. The Morgan fingerprint density at radius 3 is 2.16 bits per heavy atom. The largest absolute Gasteiger partial charge is 0.490 e. The Hall–Kier alpha value is -5.06. The fourth-order valence-electron chi connectivity index (χ4n) is 5.92. The van der Waals surface area contributed by atoms with Gasteiger partial charge in [-0.25, -0.2) is 24.3 Å². The summed E-state index contributed by atoms with van der Waals surface area (Å²) in [4.78, 5) is 52.1. The van der Waals surface area contributed by atoms with Crippen molar-refractivity contribution in [2.75, 3.05) is 13.7 Å². The zero-order chi connectivity index (χ0) is 36.0. The predicted octanol–water partition coefficient (Wildman–Crippen LogP) is 6.11. The van der Waals surface area contributed by atoms with Gasteiger partial charge in [-0.15, -0.1) is 0 Å². The molecular weight excluding hydrogens is 634 g/mol. The average Bonchev–Trinajstić information content (AvgIpc) is 3.11. The normalized spacial score (nSPS) is 11.6. The van der Waals surface area contributed by atoms with E-state index in [1.807, 2.05) is 30.3 Å². The molecule has 0 aliphatic carbocycles. The molecule has 1 unspecified atom stereocenters. The van der Waals surface area contributed by atoms with Crippen molar-refractivity contribution in [1.29, 1.82) is 0 Å². The standard InChI is InChI=1S/C39H49N5O6/c1-6-9-18-33-32(37(46)44(26(4)43-33)39-41-24-31(25-42-39)49-20-13-19-34(40)45)23-27-21-29(14-7-2)35(30(22-27)15-8-3)50-36(38(47)48-5)28-16-11-10-12-17-28/h10-12,16-17,21-22,24-25,36H,6-9,13-15,18-20,23H2,1-5H3,(H2,40,45). The Kier molecular flexibility index (Phi) is 14.1. The van der Waals surface area contributed by atoms with Crippen LogP contribution in [0.2, 0.25) is 0 Å². The first-order valence-corrected chi connectivity index (χ1v) is 17.5. The summed E-state index contributed by atoms with van der Waals surface area (Å²) in [6.07, 6.45) is 8.87. The van der Waals surface area contributed by atoms with Crippen molar-refractivity contribution >= 4 is 11.9 Å². The number of unbranched alkanes of at least 4 members (excludes halogenated alkanes) is 1. The van der Waals surface area contributed by atoms with Crippen LogP contribution in [0.5, 0.6) is 11.5 Å². The fourth-order valence-corrected chi connectivity index (χ4v) is 5.92. The summed E-state index contributed by atoms with van der Waals surface area (Å²) in [5.41, 5.74) is 9.97. The summed E-state index contributed by atoms with van der Waals surface area (Å²) in [7, 11) is 1.37. The van der Waals surface area contributed by atoms with Crippen molar-refractivity contribution in [3.63, 3.8) is 0 Å². The van der Waals surface area contributed by atoms with Crippen LogP contribution in [0.15, 0.2) is 59.7 Å². The highest BCUT2D eigenvalue weighted by Crippen LogP contribution is 2.34. The molecular formula is C39H49N5O6. The van der Waals surface area contributed by atoms with Crippen LogP contribution in [0.25, 0.3) is 5.95 Å². The van der Waals surface area contributed by atoms with E-state index < -0.39 is 12.1 Å². The number of aromatic nitrogens is 4. The van der Waals surface area contributed by atoms with Gasteiger partial charge in [0.05, 0.1) is 31.8 Å². The number of nitrogens with zero attached hydrogens (tertiary/aromatic N) is 4. The molecule has 0 aliphatic heterocycles. The van der Waals surface area contributed by atoms with Crippen LogP contribution >= 0.6 is 0 Å². The minimum Gasteiger partial charge on any atom is -0.490 e. The second kappa shape index (κ2) is 18.6. The van der Waals surface area contributed by atoms with E-state index >= 15 is 0 Å². The minimum atomic E-state index is -0.917. The lowest BCUT2D eigenvalue weighted by atomic mass is 9.94. The van der Waals surface area contributed by atoms with Gasteiger partial charge in [0.25, 0.3) is 5.56 Å². The van der Waals surface area contributed by atoms with Gasteiger partial charge in [0, 0.05) is 24.0 Å². The van der Waals surface area contributed by atoms with Crippen molar-refractivity contribution in [2.24, 2.45) is 5.73 Å².